The van der Waals surface area contributed by atoms with Gasteiger partial charge in [0, 0.05) is 40.2 Å². The highest BCUT2D eigenvalue weighted by Gasteiger charge is 2.31. The van der Waals surface area contributed by atoms with Crippen molar-refractivity contribution in [2.75, 3.05) is 48.8 Å². The van der Waals surface area contributed by atoms with Gasteiger partial charge in [0.05, 0.1) is 22.0 Å². The Morgan fingerprint density at radius 2 is 1.79 bits per heavy atom. The molecule has 0 aromatic heterocycles. The third-order valence-electron chi connectivity index (χ3n) is 5.70. The van der Waals surface area contributed by atoms with Crippen molar-refractivity contribution in [2.45, 2.75) is 38.2 Å². The Balaban J connectivity index is 1.81. The fraction of sp³-hybridized carbons (Fsp3) is 0.417. The number of fused-ring (bicyclic) bond motifs is 1. The molecule has 0 bridgehead atoms. The van der Waals surface area contributed by atoms with Crippen molar-refractivity contribution in [2.24, 2.45) is 0 Å². The highest BCUT2D eigenvalue weighted by Crippen LogP contribution is 2.34. The summed E-state index contributed by atoms with van der Waals surface area (Å²) in [7, 11) is -0.0540. The monoisotopic (exact) mass is 488 g/mol. The van der Waals surface area contributed by atoms with Crippen LogP contribution in [0.5, 0.6) is 5.75 Å². The summed E-state index contributed by atoms with van der Waals surface area (Å²) in [5.74, 6) is 0.0527. The topological polar surface area (TPSA) is 99.3 Å². The second kappa shape index (κ2) is 10.4. The predicted octanol–water partition coefficient (Wildman–Crippen LogP) is 2.93. The number of carbonyl (C=O) groups excluding carboxylic acids is 2. The Morgan fingerprint density at radius 1 is 1.12 bits per heavy atom. The van der Waals surface area contributed by atoms with Crippen LogP contribution in [0, 0.1) is 0 Å². The maximum atomic E-state index is 13.0. The normalized spacial score (nSPS) is 15.6. The van der Waals surface area contributed by atoms with Crippen molar-refractivity contribution in [3.8, 4) is 5.75 Å². The van der Waals surface area contributed by atoms with Crippen LogP contribution in [0.4, 0.5) is 17.1 Å². The molecule has 0 radical (unpaired) electrons. The largest absolute Gasteiger partial charge is 0.479 e. The minimum atomic E-state index is -3.68. The molecule has 1 atom stereocenters. The molecule has 1 N–H and O–H groups in total. The van der Waals surface area contributed by atoms with Gasteiger partial charge in [-0.2, -0.15) is 4.31 Å². The van der Waals surface area contributed by atoms with Crippen LogP contribution in [0.25, 0.3) is 0 Å². The maximum Gasteiger partial charge on any atom is 0.267 e. The molecule has 0 saturated carbocycles. The van der Waals surface area contributed by atoms with Crippen LogP contribution in [0.1, 0.15) is 27.2 Å². The van der Waals surface area contributed by atoms with Gasteiger partial charge in [-0.1, -0.05) is 26.0 Å². The lowest BCUT2D eigenvalue weighted by atomic mass is 10.1. The number of carbonyl (C=O) groups is 2. The first-order valence-electron chi connectivity index (χ1n) is 11.3. The average Bonchev–Trinajstić information content (AvgIpc) is 2.79. The summed E-state index contributed by atoms with van der Waals surface area (Å²) in [6.07, 6.45) is -0.604. The highest BCUT2D eigenvalue weighted by atomic mass is 32.2. The lowest BCUT2D eigenvalue weighted by Gasteiger charge is -2.32. The van der Waals surface area contributed by atoms with Crippen LogP contribution < -0.4 is 19.9 Å². The van der Waals surface area contributed by atoms with Gasteiger partial charge < -0.3 is 19.9 Å². The zero-order valence-corrected chi connectivity index (χ0v) is 21.1. The quantitative estimate of drug-likeness (QED) is 0.583. The molecule has 0 spiro atoms. The van der Waals surface area contributed by atoms with Crippen molar-refractivity contribution in [1.82, 2.24) is 4.31 Å². The molecule has 2 aromatic carbocycles. The van der Waals surface area contributed by atoms with E-state index >= 15 is 0 Å². The van der Waals surface area contributed by atoms with Crippen LogP contribution >= 0.6 is 0 Å². The van der Waals surface area contributed by atoms with Crippen LogP contribution in [0.2, 0.25) is 0 Å². The van der Waals surface area contributed by atoms with Crippen molar-refractivity contribution in [3.05, 3.63) is 42.5 Å². The van der Waals surface area contributed by atoms with E-state index in [9.17, 15) is 18.0 Å². The number of nitrogens with one attached hydrogen (secondary N) is 1. The maximum absolute atomic E-state index is 13.0. The van der Waals surface area contributed by atoms with Crippen molar-refractivity contribution in [1.29, 1.82) is 0 Å². The number of hydrogen-bond donors (Lipinski definition) is 1. The lowest BCUT2D eigenvalue weighted by molar-refractivity contribution is -0.125. The van der Waals surface area contributed by atoms with Crippen molar-refractivity contribution in [3.63, 3.8) is 0 Å². The fourth-order valence-corrected chi connectivity index (χ4v) is 5.38. The molecule has 3 rings (SSSR count). The van der Waals surface area contributed by atoms with Crippen molar-refractivity contribution < 1.29 is 22.7 Å². The van der Waals surface area contributed by atoms with Gasteiger partial charge in [0.2, 0.25) is 15.9 Å². The molecule has 0 fully saturated rings. The van der Waals surface area contributed by atoms with E-state index in [0.29, 0.717) is 35.9 Å². The van der Waals surface area contributed by atoms with E-state index in [1.807, 2.05) is 26.2 Å². The molecule has 0 aliphatic carbocycles. The summed E-state index contributed by atoms with van der Waals surface area (Å²) in [4.78, 5) is 29.0. The van der Waals surface area contributed by atoms with Crippen LogP contribution in [-0.4, -0.2) is 64.4 Å². The molecular formula is C24H32N4O5S. The van der Waals surface area contributed by atoms with E-state index < -0.39 is 16.1 Å². The van der Waals surface area contributed by atoms with E-state index in [1.165, 1.54) is 10.4 Å². The third-order valence-corrected chi connectivity index (χ3v) is 7.75. The Hall–Kier alpha value is -3.11. The fourth-order valence-electron chi connectivity index (χ4n) is 3.89. The first-order valence-corrected chi connectivity index (χ1v) is 12.7. The lowest BCUT2D eigenvalue weighted by Crippen LogP contribution is -2.45. The summed E-state index contributed by atoms with van der Waals surface area (Å²) < 4.78 is 33.0. The van der Waals surface area contributed by atoms with Gasteiger partial charge in [-0.3, -0.25) is 9.59 Å². The highest BCUT2D eigenvalue weighted by molar-refractivity contribution is 7.89. The molecule has 2 amide bonds. The summed E-state index contributed by atoms with van der Waals surface area (Å²) in [5.41, 5.74) is 1.69. The van der Waals surface area contributed by atoms with E-state index in [0.717, 1.165) is 0 Å². The predicted molar refractivity (Wildman–Crippen MR) is 133 cm³/mol. The van der Waals surface area contributed by atoms with Crippen LogP contribution in [-0.2, 0) is 19.6 Å². The Kier molecular flexibility index (Phi) is 7.83. The van der Waals surface area contributed by atoms with E-state index in [1.54, 1.807) is 54.8 Å². The van der Waals surface area contributed by atoms with Gasteiger partial charge in [0.1, 0.15) is 5.75 Å². The summed E-state index contributed by atoms with van der Waals surface area (Å²) in [6, 6.07) is 11.9. The molecule has 1 aliphatic heterocycles. The van der Waals surface area contributed by atoms with E-state index in [2.05, 4.69) is 5.32 Å². The number of para-hydroxylation sites is 2. The van der Waals surface area contributed by atoms with Gasteiger partial charge in [-0.05, 0) is 37.3 Å². The Morgan fingerprint density at radius 3 is 2.44 bits per heavy atom. The number of anilines is 3. The molecular weight excluding hydrogens is 456 g/mol. The number of rotatable bonds is 9. The van der Waals surface area contributed by atoms with Gasteiger partial charge in [0.25, 0.3) is 5.91 Å². The Labute approximate surface area is 201 Å². The Bertz CT molecular complexity index is 1160. The number of nitrogens with zero attached hydrogens (tertiary/aromatic N) is 3. The molecule has 1 heterocycles. The minimum Gasteiger partial charge on any atom is -0.479 e. The standard InChI is InChI=1S/C24H32N4O5S/c1-6-27(7-2)34(31,32)18-12-13-20(26(4)5)19(16-18)25-23(29)14-15-28-21-10-8-9-11-22(21)33-17(3)24(28)30/h8-13,16-17H,6-7,14-15H2,1-5H3,(H,25,29). The number of hydrogen-bond acceptors (Lipinski definition) is 6. The molecule has 184 valence electrons. The molecule has 1 aliphatic rings. The second-order valence-corrected chi connectivity index (χ2v) is 10.1. The SMILES string of the molecule is CCN(CC)S(=O)(=O)c1ccc(N(C)C)c(NC(=O)CCN2C(=O)C(C)Oc3ccccc32)c1. The first kappa shape index (κ1) is 25.5. The van der Waals surface area contributed by atoms with Gasteiger partial charge in [-0.15, -0.1) is 0 Å². The van der Waals surface area contributed by atoms with Crippen molar-refractivity contribution >= 4 is 38.9 Å². The minimum absolute atomic E-state index is 0.0344. The van der Waals surface area contributed by atoms with E-state index in [-0.39, 0.29) is 29.7 Å². The van der Waals surface area contributed by atoms with Gasteiger partial charge in [-0.25, -0.2) is 8.42 Å². The third kappa shape index (κ3) is 5.18. The number of sulfonamides is 1. The molecule has 10 heteroatoms. The van der Waals surface area contributed by atoms with Gasteiger partial charge >= 0.3 is 0 Å². The van der Waals surface area contributed by atoms with Crippen LogP contribution in [0.3, 0.4) is 0 Å². The zero-order chi connectivity index (χ0) is 25.0. The zero-order valence-electron chi connectivity index (χ0n) is 20.2. The average molecular weight is 489 g/mol. The molecule has 34 heavy (non-hydrogen) atoms. The molecule has 0 saturated heterocycles. The summed E-state index contributed by atoms with van der Waals surface area (Å²) in [6.45, 7) is 6.11. The van der Waals surface area contributed by atoms with Crippen LogP contribution in [0.15, 0.2) is 47.4 Å². The van der Waals surface area contributed by atoms with Gasteiger partial charge in [0.15, 0.2) is 6.10 Å². The molecule has 9 nitrogen and oxygen atoms in total. The molecule has 2 aromatic rings. The summed E-state index contributed by atoms with van der Waals surface area (Å²) >= 11 is 0. The first-order chi connectivity index (χ1) is 16.1. The smallest absolute Gasteiger partial charge is 0.267 e. The molecule has 1 unspecified atom stereocenters. The summed E-state index contributed by atoms with van der Waals surface area (Å²) in [5, 5.41) is 2.84. The second-order valence-electron chi connectivity index (χ2n) is 8.18. The van der Waals surface area contributed by atoms with E-state index in [4.69, 9.17) is 4.74 Å². The number of amides is 2. The number of benzene rings is 2. The number of ether oxygens (including phenoxy) is 1.